The van der Waals surface area contributed by atoms with E-state index in [4.69, 9.17) is 0 Å². The Morgan fingerprint density at radius 3 is 2.08 bits per heavy atom. The number of nitrogens with one attached hydrogen (secondary N) is 1. The fourth-order valence-corrected chi connectivity index (χ4v) is 4.04. The predicted molar refractivity (Wildman–Crippen MR) is 135 cm³/mol. The molecular formula is C28H35F2N2O4Y-. The molecule has 0 aliphatic heterocycles. The Kier molecular flexibility index (Phi) is 14.2. The summed E-state index contributed by atoms with van der Waals surface area (Å²) in [6.45, 7) is 8.31. The molecule has 9 heteroatoms. The van der Waals surface area contributed by atoms with Gasteiger partial charge in [-0.2, -0.15) is 0 Å². The predicted octanol–water partition coefficient (Wildman–Crippen LogP) is 4.42. The summed E-state index contributed by atoms with van der Waals surface area (Å²) in [7, 11) is 0. The number of amides is 2. The van der Waals surface area contributed by atoms with Crippen molar-refractivity contribution in [2.45, 2.75) is 65.5 Å². The van der Waals surface area contributed by atoms with Crippen molar-refractivity contribution in [3.05, 3.63) is 76.7 Å². The van der Waals surface area contributed by atoms with Crippen LogP contribution in [0.1, 0.15) is 71.9 Å². The van der Waals surface area contributed by atoms with Crippen molar-refractivity contribution in [1.29, 1.82) is 0 Å². The van der Waals surface area contributed by atoms with Gasteiger partial charge in [0.25, 0.3) is 11.8 Å². The molecule has 0 aliphatic carbocycles. The molecule has 0 saturated heterocycles. The molecule has 2 atom stereocenters. The Labute approximate surface area is 243 Å². The number of aliphatic hydroxyl groups excluding tert-OH is 1. The second kappa shape index (κ2) is 15.9. The first-order chi connectivity index (χ1) is 17.0. The third-order valence-electron chi connectivity index (χ3n) is 5.67. The molecule has 0 bridgehead atoms. The third-order valence-corrected chi connectivity index (χ3v) is 5.67. The second-order valence-corrected chi connectivity index (χ2v) is 9.06. The van der Waals surface area contributed by atoms with Crippen LogP contribution in [0.25, 0.3) is 0 Å². The number of aryl methyl sites for hydroxylation is 1. The molecule has 0 saturated carbocycles. The summed E-state index contributed by atoms with van der Waals surface area (Å²) in [6, 6.07) is 6.92. The van der Waals surface area contributed by atoms with E-state index in [2.05, 4.69) is 5.32 Å². The average Bonchev–Trinajstić information content (AvgIpc) is 2.80. The molecule has 199 valence electrons. The SMILES string of the molecule is CCCN(CCC)C(=O)c1cc(C)cc(C(=O)NC(Cc2cc(F)cc(F)c2)[C@@H](O)C[CH-]C(C)=O)c1.[Y]. The average molecular weight is 591 g/mol. The molecule has 2 N–H and O–H groups in total. The monoisotopic (exact) mass is 590 g/mol. The smallest absolute Gasteiger partial charge is 0.253 e. The summed E-state index contributed by atoms with van der Waals surface area (Å²) in [4.78, 5) is 39.4. The van der Waals surface area contributed by atoms with Crippen molar-refractivity contribution in [2.24, 2.45) is 0 Å². The van der Waals surface area contributed by atoms with Crippen LogP contribution >= 0.6 is 0 Å². The Hall–Kier alpha value is -2.16. The van der Waals surface area contributed by atoms with E-state index in [0.29, 0.717) is 24.2 Å². The zero-order chi connectivity index (χ0) is 26.8. The van der Waals surface area contributed by atoms with Gasteiger partial charge in [0, 0.05) is 63.0 Å². The van der Waals surface area contributed by atoms with E-state index in [1.807, 2.05) is 13.8 Å². The van der Waals surface area contributed by atoms with Crippen LogP contribution in [0.5, 0.6) is 0 Å². The largest absolute Gasteiger partial charge is 0.393 e. The zero-order valence-corrected chi connectivity index (χ0v) is 24.7. The number of carbonyl (C=O) groups is 3. The molecule has 0 spiro atoms. The van der Waals surface area contributed by atoms with Gasteiger partial charge in [-0.3, -0.25) is 9.59 Å². The Balaban J connectivity index is 0.00000684. The van der Waals surface area contributed by atoms with Crippen molar-refractivity contribution >= 4 is 17.6 Å². The number of Topliss-reactive ketones (excluding diaryl/α,β-unsaturated/α-hetero) is 1. The summed E-state index contributed by atoms with van der Waals surface area (Å²) in [5.74, 6) is -2.51. The van der Waals surface area contributed by atoms with E-state index in [1.165, 1.54) is 19.4 Å². The first kappa shape index (κ1) is 32.9. The number of hydrogen-bond donors (Lipinski definition) is 2. The number of halogens is 2. The molecule has 6 nitrogen and oxygen atoms in total. The molecule has 37 heavy (non-hydrogen) atoms. The fraction of sp³-hybridized carbons (Fsp3) is 0.429. The van der Waals surface area contributed by atoms with Gasteiger partial charge in [0.15, 0.2) is 0 Å². The van der Waals surface area contributed by atoms with Gasteiger partial charge >= 0.3 is 0 Å². The second-order valence-electron chi connectivity index (χ2n) is 9.06. The van der Waals surface area contributed by atoms with Gasteiger partial charge in [0.2, 0.25) is 0 Å². The molecule has 0 heterocycles. The van der Waals surface area contributed by atoms with E-state index in [9.17, 15) is 28.3 Å². The summed E-state index contributed by atoms with van der Waals surface area (Å²) in [5, 5.41) is 13.4. The summed E-state index contributed by atoms with van der Waals surface area (Å²) >= 11 is 0. The molecule has 0 fully saturated rings. The van der Waals surface area contributed by atoms with Crippen LogP contribution in [0.2, 0.25) is 0 Å². The van der Waals surface area contributed by atoms with Gasteiger partial charge in [-0.15, -0.1) is 6.42 Å². The van der Waals surface area contributed by atoms with Crippen LogP contribution in [0.15, 0.2) is 36.4 Å². The topological polar surface area (TPSA) is 86.7 Å². The van der Waals surface area contributed by atoms with Crippen LogP contribution < -0.4 is 5.32 Å². The minimum Gasteiger partial charge on any atom is -0.393 e. The van der Waals surface area contributed by atoms with Crippen LogP contribution in [0.4, 0.5) is 8.78 Å². The maximum Gasteiger partial charge on any atom is 0.253 e. The molecule has 0 aromatic heterocycles. The molecule has 1 unspecified atom stereocenters. The molecular weight excluding hydrogens is 555 g/mol. The quantitative estimate of drug-likeness (QED) is 0.339. The van der Waals surface area contributed by atoms with Gasteiger partial charge in [-0.05, 0) is 80.4 Å². The number of carbonyl (C=O) groups excluding carboxylic acids is 3. The summed E-state index contributed by atoms with van der Waals surface area (Å²) in [6.07, 6.45) is 1.62. The molecule has 2 aromatic rings. The van der Waals surface area contributed by atoms with Crippen molar-refractivity contribution in [2.75, 3.05) is 13.1 Å². The molecule has 2 aromatic carbocycles. The van der Waals surface area contributed by atoms with E-state index in [0.717, 1.165) is 31.0 Å². The minimum absolute atomic E-state index is 0. The first-order valence-electron chi connectivity index (χ1n) is 12.2. The number of ketones is 1. The fourth-order valence-electron chi connectivity index (χ4n) is 4.04. The van der Waals surface area contributed by atoms with E-state index < -0.39 is 29.7 Å². The van der Waals surface area contributed by atoms with Crippen LogP contribution in [-0.2, 0) is 43.9 Å². The van der Waals surface area contributed by atoms with Gasteiger partial charge < -0.3 is 26.5 Å². The van der Waals surface area contributed by atoms with Crippen molar-refractivity contribution in [1.82, 2.24) is 10.2 Å². The summed E-state index contributed by atoms with van der Waals surface area (Å²) in [5.41, 5.74) is 1.57. The van der Waals surface area contributed by atoms with Crippen molar-refractivity contribution in [3.8, 4) is 0 Å². The van der Waals surface area contributed by atoms with Crippen LogP contribution in [-0.4, -0.2) is 52.8 Å². The van der Waals surface area contributed by atoms with Crippen LogP contribution in [0.3, 0.4) is 0 Å². The van der Waals surface area contributed by atoms with E-state index >= 15 is 0 Å². The standard InChI is InChI=1S/C28H35F2N2O4.Y/c1-5-9-32(10-6-2)28(36)22-12-18(3)11-21(16-22)27(35)31-25(26(34)8-7-19(4)33)15-20-13-23(29)17-24(30)14-20;/h7,11-14,16-17,25-26,34H,5-6,8-10,15H2,1-4H3,(H,31,35);/q-1;/t25?,26-;/m0./s1. The minimum atomic E-state index is -1.18. The number of benzene rings is 2. The maximum absolute atomic E-state index is 13.7. The number of rotatable bonds is 13. The maximum atomic E-state index is 13.7. The molecule has 1 radical (unpaired) electrons. The van der Waals surface area contributed by atoms with Crippen LogP contribution in [0, 0.1) is 25.0 Å². The van der Waals surface area contributed by atoms with Gasteiger partial charge in [-0.25, -0.2) is 8.78 Å². The van der Waals surface area contributed by atoms with E-state index in [1.54, 1.807) is 24.0 Å². The van der Waals surface area contributed by atoms with Crippen molar-refractivity contribution in [3.63, 3.8) is 0 Å². The molecule has 2 amide bonds. The normalized spacial score (nSPS) is 12.2. The third kappa shape index (κ3) is 10.6. The number of nitrogens with zero attached hydrogens (tertiary/aromatic N) is 1. The molecule has 2 rings (SSSR count). The zero-order valence-electron chi connectivity index (χ0n) is 21.9. The van der Waals surface area contributed by atoms with Gasteiger partial charge in [0.1, 0.15) is 11.6 Å². The molecule has 0 aliphatic rings. The Morgan fingerprint density at radius 1 is 0.973 bits per heavy atom. The Morgan fingerprint density at radius 2 is 1.54 bits per heavy atom. The number of aliphatic hydroxyl groups is 1. The Bertz CT molecular complexity index is 1050. The van der Waals surface area contributed by atoms with Gasteiger partial charge in [-0.1, -0.05) is 13.8 Å². The van der Waals surface area contributed by atoms with E-state index in [-0.39, 0.29) is 68.4 Å². The first-order valence-corrected chi connectivity index (χ1v) is 12.2. The summed E-state index contributed by atoms with van der Waals surface area (Å²) < 4.78 is 27.4. The number of hydrogen-bond acceptors (Lipinski definition) is 4. The van der Waals surface area contributed by atoms with Crippen molar-refractivity contribution < 1.29 is 61.0 Å². The van der Waals surface area contributed by atoms with Gasteiger partial charge in [0.05, 0.1) is 12.1 Å².